The maximum atomic E-state index is 5.86. The van der Waals surface area contributed by atoms with Crippen LogP contribution < -0.4 is 10.6 Å². The highest BCUT2D eigenvalue weighted by molar-refractivity contribution is 7.15. The molecule has 0 fully saturated rings. The first-order chi connectivity index (χ1) is 9.32. The molecule has 0 saturated heterocycles. The lowest BCUT2D eigenvalue weighted by molar-refractivity contribution is 0.566. The third-order valence-corrected chi connectivity index (χ3v) is 5.25. The number of aryl methyl sites for hydroxylation is 1. The second kappa shape index (κ2) is 5.79. The van der Waals surface area contributed by atoms with Gasteiger partial charge in [-0.2, -0.15) is 0 Å². The minimum absolute atomic E-state index is 0.0324. The average molecular weight is 310 g/mol. The topological polar surface area (TPSA) is 55.0 Å². The van der Waals surface area contributed by atoms with E-state index in [4.69, 9.17) is 10.7 Å². The number of thiazole rings is 2. The zero-order valence-electron chi connectivity index (χ0n) is 12.7. The number of rotatable bonds is 4. The summed E-state index contributed by atoms with van der Waals surface area (Å²) in [4.78, 5) is 13.8. The molecule has 0 saturated carbocycles. The minimum atomic E-state index is 0.0324. The lowest BCUT2D eigenvalue weighted by atomic mass is 9.91. The van der Waals surface area contributed by atoms with Gasteiger partial charge in [0.05, 0.1) is 23.4 Å². The Bertz CT molecular complexity index is 580. The lowest BCUT2D eigenvalue weighted by Gasteiger charge is -2.18. The molecule has 2 N–H and O–H groups in total. The highest BCUT2D eigenvalue weighted by Gasteiger charge is 2.23. The van der Waals surface area contributed by atoms with Gasteiger partial charge in [0.15, 0.2) is 5.13 Å². The van der Waals surface area contributed by atoms with E-state index in [9.17, 15) is 0 Å². The molecular weight excluding hydrogens is 288 g/mol. The fourth-order valence-corrected chi connectivity index (χ4v) is 3.93. The second-order valence-corrected chi connectivity index (χ2v) is 7.94. The van der Waals surface area contributed by atoms with E-state index in [0.29, 0.717) is 6.54 Å². The van der Waals surface area contributed by atoms with Gasteiger partial charge in [0.2, 0.25) is 0 Å². The van der Waals surface area contributed by atoms with Crippen LogP contribution >= 0.6 is 22.7 Å². The molecule has 0 atom stereocenters. The highest BCUT2D eigenvalue weighted by atomic mass is 32.1. The number of hydrogen-bond donors (Lipinski definition) is 1. The molecule has 2 aromatic heterocycles. The van der Waals surface area contributed by atoms with E-state index in [1.54, 1.807) is 22.7 Å². The third kappa shape index (κ3) is 3.19. The first-order valence-corrected chi connectivity index (χ1v) is 8.33. The maximum Gasteiger partial charge on any atom is 0.185 e. The van der Waals surface area contributed by atoms with Crippen LogP contribution in [0.4, 0.5) is 5.13 Å². The van der Waals surface area contributed by atoms with E-state index in [1.807, 2.05) is 12.4 Å². The number of hydrogen-bond acceptors (Lipinski definition) is 6. The van der Waals surface area contributed by atoms with Crippen molar-refractivity contribution in [3.05, 3.63) is 26.7 Å². The summed E-state index contributed by atoms with van der Waals surface area (Å²) < 4.78 is 0. The molecule has 0 aliphatic carbocycles. The van der Waals surface area contributed by atoms with E-state index in [0.717, 1.165) is 23.1 Å². The summed E-state index contributed by atoms with van der Waals surface area (Å²) in [6.45, 7) is 9.98. The summed E-state index contributed by atoms with van der Waals surface area (Å²) in [5.74, 6) is 0. The van der Waals surface area contributed by atoms with E-state index >= 15 is 0 Å². The normalized spacial score (nSPS) is 11.9. The van der Waals surface area contributed by atoms with Crippen LogP contribution in [-0.4, -0.2) is 17.0 Å². The number of aromatic nitrogens is 2. The third-order valence-electron chi connectivity index (χ3n) is 3.13. The molecule has 0 unspecified atom stereocenters. The Hall–Kier alpha value is -0.980. The molecule has 6 heteroatoms. The molecule has 0 amide bonds. The summed E-state index contributed by atoms with van der Waals surface area (Å²) in [6.07, 6.45) is 0. The predicted molar refractivity (Wildman–Crippen MR) is 87.7 cm³/mol. The fourth-order valence-electron chi connectivity index (χ4n) is 1.99. The maximum absolute atomic E-state index is 5.86. The molecule has 0 aliphatic heterocycles. The standard InChI is InChI=1S/C14H22N4S2/c1-9-11(19-8-16-9)7-18(5)13-17-12(14(2,3)4)10(6-15)20-13/h8H,6-7,15H2,1-5H3. The lowest BCUT2D eigenvalue weighted by Crippen LogP contribution is -2.18. The molecule has 20 heavy (non-hydrogen) atoms. The first kappa shape index (κ1) is 15.4. The zero-order valence-corrected chi connectivity index (χ0v) is 14.4. The Labute approximate surface area is 128 Å². The highest BCUT2D eigenvalue weighted by Crippen LogP contribution is 2.34. The van der Waals surface area contributed by atoms with Gasteiger partial charge < -0.3 is 10.6 Å². The molecule has 110 valence electrons. The molecule has 0 bridgehead atoms. The van der Waals surface area contributed by atoms with Gasteiger partial charge in [-0.25, -0.2) is 9.97 Å². The van der Waals surface area contributed by atoms with Crippen molar-refractivity contribution in [2.24, 2.45) is 5.73 Å². The molecule has 2 rings (SSSR count). The second-order valence-electron chi connectivity index (χ2n) is 5.94. The van der Waals surface area contributed by atoms with Crippen LogP contribution in [0.25, 0.3) is 0 Å². The number of nitrogens with zero attached hydrogens (tertiary/aromatic N) is 3. The van der Waals surface area contributed by atoms with Crippen LogP contribution in [0.2, 0.25) is 0 Å². The van der Waals surface area contributed by atoms with Crippen LogP contribution in [0.15, 0.2) is 5.51 Å². The van der Waals surface area contributed by atoms with Crippen molar-refractivity contribution in [1.29, 1.82) is 0 Å². The summed E-state index contributed by atoms with van der Waals surface area (Å²) >= 11 is 3.39. The quantitative estimate of drug-likeness (QED) is 0.941. The van der Waals surface area contributed by atoms with Crippen LogP contribution in [-0.2, 0) is 18.5 Å². The Balaban J connectivity index is 2.25. The van der Waals surface area contributed by atoms with Gasteiger partial charge in [-0.1, -0.05) is 20.8 Å². The zero-order chi connectivity index (χ0) is 14.9. The Morgan fingerprint density at radius 1 is 1.30 bits per heavy atom. The van der Waals surface area contributed by atoms with Crippen molar-refractivity contribution in [2.75, 3.05) is 11.9 Å². The van der Waals surface area contributed by atoms with E-state index in [2.05, 4.69) is 37.7 Å². The molecule has 2 heterocycles. The molecule has 0 aromatic carbocycles. The van der Waals surface area contributed by atoms with Crippen molar-refractivity contribution >= 4 is 27.8 Å². The van der Waals surface area contributed by atoms with E-state index in [-0.39, 0.29) is 5.41 Å². The Morgan fingerprint density at radius 2 is 2.00 bits per heavy atom. The molecule has 2 aromatic rings. The predicted octanol–water partition coefficient (Wildman–Crippen LogP) is 3.30. The van der Waals surface area contributed by atoms with Gasteiger partial charge >= 0.3 is 0 Å². The number of nitrogens with two attached hydrogens (primary N) is 1. The van der Waals surface area contributed by atoms with Crippen molar-refractivity contribution in [3.63, 3.8) is 0 Å². The summed E-state index contributed by atoms with van der Waals surface area (Å²) in [7, 11) is 2.07. The smallest absolute Gasteiger partial charge is 0.185 e. The van der Waals surface area contributed by atoms with Crippen molar-refractivity contribution < 1.29 is 0 Å². The molecular formula is C14H22N4S2. The van der Waals surface area contributed by atoms with Crippen LogP contribution in [0, 0.1) is 6.92 Å². The van der Waals surface area contributed by atoms with Crippen LogP contribution in [0.1, 0.15) is 41.9 Å². The monoisotopic (exact) mass is 310 g/mol. The largest absolute Gasteiger partial charge is 0.346 e. The summed E-state index contributed by atoms with van der Waals surface area (Å²) in [5, 5.41) is 1.03. The average Bonchev–Trinajstić information content (AvgIpc) is 2.95. The summed E-state index contributed by atoms with van der Waals surface area (Å²) in [5.41, 5.74) is 10.0. The molecule has 0 spiro atoms. The number of anilines is 1. The van der Waals surface area contributed by atoms with Gasteiger partial charge in [-0.15, -0.1) is 22.7 Å². The molecule has 4 nitrogen and oxygen atoms in total. The van der Waals surface area contributed by atoms with E-state index < -0.39 is 0 Å². The van der Waals surface area contributed by atoms with Crippen LogP contribution in [0.3, 0.4) is 0 Å². The Morgan fingerprint density at radius 3 is 2.45 bits per heavy atom. The van der Waals surface area contributed by atoms with Gasteiger partial charge in [-0.05, 0) is 6.92 Å². The van der Waals surface area contributed by atoms with Crippen molar-refractivity contribution in [2.45, 2.75) is 46.2 Å². The Kier molecular flexibility index (Phi) is 4.46. The van der Waals surface area contributed by atoms with E-state index in [1.165, 1.54) is 9.75 Å². The van der Waals surface area contributed by atoms with Crippen molar-refractivity contribution in [1.82, 2.24) is 9.97 Å². The fraction of sp³-hybridized carbons (Fsp3) is 0.571. The van der Waals surface area contributed by atoms with Gasteiger partial charge in [0, 0.05) is 28.8 Å². The van der Waals surface area contributed by atoms with Crippen LogP contribution in [0.5, 0.6) is 0 Å². The van der Waals surface area contributed by atoms with Gasteiger partial charge in [-0.3, -0.25) is 0 Å². The van der Waals surface area contributed by atoms with Gasteiger partial charge in [0.1, 0.15) is 0 Å². The summed E-state index contributed by atoms with van der Waals surface area (Å²) in [6, 6.07) is 0. The van der Waals surface area contributed by atoms with Crippen molar-refractivity contribution in [3.8, 4) is 0 Å². The van der Waals surface area contributed by atoms with Gasteiger partial charge in [0.25, 0.3) is 0 Å². The molecule has 0 radical (unpaired) electrons. The first-order valence-electron chi connectivity index (χ1n) is 6.63. The SMILES string of the molecule is Cc1ncsc1CN(C)c1nc(C(C)(C)C)c(CN)s1. The minimum Gasteiger partial charge on any atom is -0.346 e. The molecule has 0 aliphatic rings.